The Bertz CT molecular complexity index is 781. The molecule has 3 rings (SSSR count). The predicted octanol–water partition coefficient (Wildman–Crippen LogP) is 4.37. The highest BCUT2D eigenvalue weighted by Crippen LogP contribution is 2.22. The first kappa shape index (κ1) is 19.5. The van der Waals surface area contributed by atoms with Crippen LogP contribution in [-0.2, 0) is 13.1 Å². The van der Waals surface area contributed by atoms with E-state index in [-0.39, 0.29) is 12.1 Å². The van der Waals surface area contributed by atoms with Gasteiger partial charge in [0.2, 0.25) is 0 Å². The van der Waals surface area contributed by atoms with Crippen LogP contribution in [0.3, 0.4) is 0 Å². The van der Waals surface area contributed by atoms with Gasteiger partial charge in [0, 0.05) is 26.2 Å². The number of benzene rings is 2. The van der Waals surface area contributed by atoms with Crippen LogP contribution >= 0.6 is 0 Å². The summed E-state index contributed by atoms with van der Waals surface area (Å²) in [5, 5.41) is 2.64. The third kappa shape index (κ3) is 5.13. The van der Waals surface area contributed by atoms with Gasteiger partial charge in [0.05, 0.1) is 5.56 Å². The van der Waals surface area contributed by atoms with Crippen molar-refractivity contribution in [2.75, 3.05) is 13.1 Å². The molecule has 0 bridgehead atoms. The molecular formula is C22H26F2N2O. The maximum Gasteiger partial charge on any atom is 0.254 e. The summed E-state index contributed by atoms with van der Waals surface area (Å²) in [7, 11) is 0. The van der Waals surface area contributed by atoms with Crippen LogP contribution in [0.2, 0.25) is 0 Å². The van der Waals surface area contributed by atoms with Gasteiger partial charge >= 0.3 is 0 Å². The molecule has 0 radical (unpaired) electrons. The van der Waals surface area contributed by atoms with Crippen molar-refractivity contribution in [3.05, 3.63) is 70.8 Å². The van der Waals surface area contributed by atoms with Crippen molar-refractivity contribution in [1.29, 1.82) is 0 Å². The summed E-state index contributed by atoms with van der Waals surface area (Å²) in [4.78, 5) is 14.5. The number of likely N-dealkylation sites (tertiary alicyclic amines) is 1. The fourth-order valence-electron chi connectivity index (χ4n) is 3.90. The molecule has 5 heteroatoms. The third-order valence-corrected chi connectivity index (χ3v) is 5.02. The molecule has 3 nitrogen and oxygen atoms in total. The zero-order valence-corrected chi connectivity index (χ0v) is 15.8. The van der Waals surface area contributed by atoms with Crippen molar-refractivity contribution in [3.8, 4) is 0 Å². The van der Waals surface area contributed by atoms with Crippen LogP contribution < -0.4 is 5.32 Å². The number of rotatable bonds is 5. The minimum atomic E-state index is -1.12. The maximum atomic E-state index is 13.7. The Morgan fingerprint density at radius 3 is 2.33 bits per heavy atom. The summed E-state index contributed by atoms with van der Waals surface area (Å²) in [6.45, 7) is 8.05. The summed E-state index contributed by atoms with van der Waals surface area (Å²) in [6.07, 6.45) is 1.29. The molecule has 1 aliphatic heterocycles. The van der Waals surface area contributed by atoms with Gasteiger partial charge in [-0.25, -0.2) is 8.78 Å². The number of carbonyl (C=O) groups is 1. The highest BCUT2D eigenvalue weighted by molar-refractivity contribution is 5.94. The minimum absolute atomic E-state index is 0.271. The lowest BCUT2D eigenvalue weighted by molar-refractivity contribution is 0.0946. The first-order chi connectivity index (χ1) is 12.9. The van der Waals surface area contributed by atoms with Crippen molar-refractivity contribution < 1.29 is 13.6 Å². The van der Waals surface area contributed by atoms with E-state index in [1.54, 1.807) is 0 Å². The average molecular weight is 372 g/mol. The molecule has 0 spiro atoms. The Labute approximate surface area is 159 Å². The van der Waals surface area contributed by atoms with E-state index in [4.69, 9.17) is 0 Å². The fourth-order valence-corrected chi connectivity index (χ4v) is 3.90. The van der Waals surface area contributed by atoms with Gasteiger partial charge in [-0.2, -0.15) is 0 Å². The van der Waals surface area contributed by atoms with Crippen molar-refractivity contribution in [2.24, 2.45) is 11.8 Å². The number of halogens is 2. The Morgan fingerprint density at radius 1 is 1.04 bits per heavy atom. The topological polar surface area (TPSA) is 32.3 Å². The first-order valence-corrected chi connectivity index (χ1v) is 9.44. The van der Waals surface area contributed by atoms with Crippen LogP contribution in [0.4, 0.5) is 8.78 Å². The van der Waals surface area contributed by atoms with Crippen LogP contribution in [0, 0.1) is 23.5 Å². The maximum absolute atomic E-state index is 13.7. The Hall–Kier alpha value is -2.27. The van der Waals surface area contributed by atoms with E-state index in [1.807, 2.05) is 12.1 Å². The largest absolute Gasteiger partial charge is 0.348 e. The van der Waals surface area contributed by atoms with Gasteiger partial charge in [-0.1, -0.05) is 44.2 Å². The van der Waals surface area contributed by atoms with Crippen molar-refractivity contribution >= 4 is 5.91 Å². The number of nitrogens with one attached hydrogen (secondary N) is 1. The summed E-state index contributed by atoms with van der Waals surface area (Å²) >= 11 is 0. The van der Waals surface area contributed by atoms with E-state index in [0.717, 1.165) is 43.1 Å². The zero-order chi connectivity index (χ0) is 19.4. The van der Waals surface area contributed by atoms with Gasteiger partial charge in [0.15, 0.2) is 11.6 Å². The average Bonchev–Trinajstić information content (AvgIpc) is 2.62. The predicted molar refractivity (Wildman–Crippen MR) is 102 cm³/mol. The highest BCUT2D eigenvalue weighted by atomic mass is 19.2. The molecule has 1 saturated heterocycles. The molecule has 1 aliphatic rings. The Kier molecular flexibility index (Phi) is 6.22. The van der Waals surface area contributed by atoms with Crippen molar-refractivity contribution in [2.45, 2.75) is 33.4 Å². The molecular weight excluding hydrogens is 346 g/mol. The van der Waals surface area contributed by atoms with Gasteiger partial charge in [-0.3, -0.25) is 9.69 Å². The lowest BCUT2D eigenvalue weighted by Gasteiger charge is -2.35. The standard InChI is InChI=1S/C22H26F2N2O/c1-15-10-16(2)13-26(12-15)14-18-8-6-17(7-9-18)11-25-22(27)19-4-3-5-20(23)21(19)24/h3-9,15-16H,10-14H2,1-2H3,(H,25,27). The van der Waals surface area contributed by atoms with Crippen molar-refractivity contribution in [3.63, 3.8) is 0 Å². The SMILES string of the molecule is CC1CC(C)CN(Cc2ccc(CNC(=O)c3cccc(F)c3F)cc2)C1. The molecule has 0 aliphatic carbocycles. The molecule has 1 amide bonds. The second-order valence-electron chi connectivity index (χ2n) is 7.74. The van der Waals surface area contributed by atoms with Gasteiger partial charge in [0.25, 0.3) is 5.91 Å². The number of amides is 1. The molecule has 0 saturated carbocycles. The minimum Gasteiger partial charge on any atom is -0.348 e. The van der Waals surface area contributed by atoms with E-state index in [0.29, 0.717) is 0 Å². The fraction of sp³-hybridized carbons (Fsp3) is 0.409. The van der Waals surface area contributed by atoms with E-state index < -0.39 is 17.5 Å². The number of nitrogens with zero attached hydrogens (tertiary/aromatic N) is 1. The lowest BCUT2D eigenvalue weighted by atomic mass is 9.91. The van der Waals surface area contributed by atoms with Gasteiger partial charge < -0.3 is 5.32 Å². The van der Waals surface area contributed by atoms with E-state index in [1.165, 1.54) is 24.1 Å². The smallest absolute Gasteiger partial charge is 0.254 e. The molecule has 27 heavy (non-hydrogen) atoms. The van der Waals surface area contributed by atoms with E-state index in [9.17, 15) is 13.6 Å². The van der Waals surface area contributed by atoms with E-state index >= 15 is 0 Å². The monoisotopic (exact) mass is 372 g/mol. The third-order valence-electron chi connectivity index (χ3n) is 5.02. The Morgan fingerprint density at radius 2 is 1.67 bits per heavy atom. The summed E-state index contributed by atoms with van der Waals surface area (Å²) < 4.78 is 26.9. The van der Waals surface area contributed by atoms with Crippen molar-refractivity contribution in [1.82, 2.24) is 10.2 Å². The molecule has 0 aromatic heterocycles. The van der Waals surface area contributed by atoms with E-state index in [2.05, 4.69) is 36.2 Å². The van der Waals surface area contributed by atoms with Crippen LogP contribution in [0.25, 0.3) is 0 Å². The molecule has 144 valence electrons. The Balaban J connectivity index is 1.55. The molecule has 2 aromatic rings. The molecule has 2 aromatic carbocycles. The van der Waals surface area contributed by atoms with Gasteiger partial charge in [0.1, 0.15) is 0 Å². The quantitative estimate of drug-likeness (QED) is 0.845. The molecule has 1 fully saturated rings. The normalized spacial score (nSPS) is 20.4. The van der Waals surface area contributed by atoms with Crippen LogP contribution in [0.15, 0.2) is 42.5 Å². The second kappa shape index (κ2) is 8.61. The molecule has 1 heterocycles. The number of carbonyl (C=O) groups excluding carboxylic acids is 1. The summed E-state index contributed by atoms with van der Waals surface area (Å²) in [5.41, 5.74) is 1.88. The lowest BCUT2D eigenvalue weighted by Crippen LogP contribution is -2.38. The summed E-state index contributed by atoms with van der Waals surface area (Å²) in [6, 6.07) is 11.7. The molecule has 2 atom stereocenters. The first-order valence-electron chi connectivity index (χ1n) is 9.44. The molecule has 1 N–H and O–H groups in total. The molecule has 2 unspecified atom stereocenters. The number of hydrogen-bond acceptors (Lipinski definition) is 2. The van der Waals surface area contributed by atoms with Gasteiger partial charge in [-0.15, -0.1) is 0 Å². The summed E-state index contributed by atoms with van der Waals surface area (Å²) in [5.74, 6) is -1.30. The number of piperidine rings is 1. The number of hydrogen-bond donors (Lipinski definition) is 1. The highest BCUT2D eigenvalue weighted by Gasteiger charge is 2.21. The van der Waals surface area contributed by atoms with Crippen LogP contribution in [0.1, 0.15) is 41.8 Å². The van der Waals surface area contributed by atoms with Crippen LogP contribution in [-0.4, -0.2) is 23.9 Å². The zero-order valence-electron chi connectivity index (χ0n) is 15.8. The second-order valence-corrected chi connectivity index (χ2v) is 7.74. The van der Waals surface area contributed by atoms with Gasteiger partial charge in [-0.05, 0) is 41.5 Å². The van der Waals surface area contributed by atoms with Crippen LogP contribution in [0.5, 0.6) is 0 Å².